The van der Waals surface area contributed by atoms with E-state index < -0.39 is 0 Å². The van der Waals surface area contributed by atoms with E-state index in [1.54, 1.807) is 24.7 Å². The van der Waals surface area contributed by atoms with E-state index in [9.17, 15) is 4.79 Å². The van der Waals surface area contributed by atoms with E-state index in [1.165, 1.54) is 5.56 Å². The van der Waals surface area contributed by atoms with E-state index in [1.807, 2.05) is 36.4 Å². The fourth-order valence-corrected chi connectivity index (χ4v) is 2.67. The van der Waals surface area contributed by atoms with Gasteiger partial charge in [0.1, 0.15) is 5.69 Å². The average molecular weight is 346 g/mol. The maximum atomic E-state index is 12.3. The molecule has 5 heteroatoms. The summed E-state index contributed by atoms with van der Waals surface area (Å²) in [5.41, 5.74) is 3.61. The summed E-state index contributed by atoms with van der Waals surface area (Å²) in [5, 5.41) is 2.86. The molecule has 0 fully saturated rings. The molecular weight excluding hydrogens is 324 g/mol. The van der Waals surface area contributed by atoms with E-state index in [0.29, 0.717) is 12.2 Å². The van der Waals surface area contributed by atoms with E-state index >= 15 is 0 Å². The summed E-state index contributed by atoms with van der Waals surface area (Å²) < 4.78 is 0. The zero-order valence-corrected chi connectivity index (χ0v) is 14.8. The third kappa shape index (κ3) is 4.66. The van der Waals surface area contributed by atoms with Crippen LogP contribution in [0.1, 0.15) is 28.5 Å². The molecule has 5 nitrogen and oxygen atoms in total. The Kier molecular flexibility index (Phi) is 5.93. The number of hydrogen-bond acceptors (Lipinski definition) is 4. The van der Waals surface area contributed by atoms with Crippen molar-refractivity contribution in [3.63, 3.8) is 0 Å². The van der Waals surface area contributed by atoms with Crippen LogP contribution in [0.4, 0.5) is 5.69 Å². The molecule has 0 saturated heterocycles. The number of nitrogens with one attached hydrogen (secondary N) is 1. The van der Waals surface area contributed by atoms with Crippen LogP contribution < -0.4 is 10.2 Å². The highest BCUT2D eigenvalue weighted by atomic mass is 16.1. The van der Waals surface area contributed by atoms with E-state index in [-0.39, 0.29) is 5.91 Å². The molecule has 132 valence electrons. The number of carbonyl (C=O) groups excluding carboxylic acids is 1. The Balaban J connectivity index is 1.62. The number of hydrogen-bond donors (Lipinski definition) is 1. The van der Waals surface area contributed by atoms with E-state index in [4.69, 9.17) is 0 Å². The molecule has 0 atom stereocenters. The molecule has 2 aromatic heterocycles. The lowest BCUT2D eigenvalue weighted by Gasteiger charge is -2.23. The smallest absolute Gasteiger partial charge is 0.270 e. The van der Waals surface area contributed by atoms with Crippen LogP contribution in [-0.2, 0) is 13.1 Å². The van der Waals surface area contributed by atoms with Crippen molar-refractivity contribution < 1.29 is 4.79 Å². The summed E-state index contributed by atoms with van der Waals surface area (Å²) >= 11 is 0. The first kappa shape index (κ1) is 17.6. The first-order chi connectivity index (χ1) is 12.8. The van der Waals surface area contributed by atoms with Gasteiger partial charge in [0.25, 0.3) is 5.91 Å². The number of carbonyl (C=O) groups is 1. The summed E-state index contributed by atoms with van der Waals surface area (Å²) in [4.78, 5) is 22.8. The third-order valence-corrected chi connectivity index (χ3v) is 4.12. The van der Waals surface area contributed by atoms with Gasteiger partial charge >= 0.3 is 0 Å². The van der Waals surface area contributed by atoms with Crippen LogP contribution in [0.25, 0.3) is 0 Å². The van der Waals surface area contributed by atoms with Crippen LogP contribution in [0, 0.1) is 0 Å². The van der Waals surface area contributed by atoms with Crippen molar-refractivity contribution in [2.45, 2.75) is 20.0 Å². The molecule has 26 heavy (non-hydrogen) atoms. The van der Waals surface area contributed by atoms with Crippen molar-refractivity contribution in [1.82, 2.24) is 15.3 Å². The van der Waals surface area contributed by atoms with Gasteiger partial charge in [0.15, 0.2) is 0 Å². The predicted octanol–water partition coefficient (Wildman–Crippen LogP) is 3.43. The van der Waals surface area contributed by atoms with Crippen LogP contribution in [0.5, 0.6) is 0 Å². The molecule has 0 spiro atoms. The van der Waals surface area contributed by atoms with E-state index in [2.05, 4.69) is 39.2 Å². The Morgan fingerprint density at radius 3 is 2.46 bits per heavy atom. The van der Waals surface area contributed by atoms with Gasteiger partial charge in [0.2, 0.25) is 0 Å². The van der Waals surface area contributed by atoms with Crippen molar-refractivity contribution in [2.75, 3.05) is 11.4 Å². The largest absolute Gasteiger partial charge is 0.366 e. The Morgan fingerprint density at radius 2 is 1.81 bits per heavy atom. The molecule has 3 aromatic rings. The van der Waals surface area contributed by atoms with Crippen molar-refractivity contribution in [3.05, 3.63) is 90.0 Å². The number of rotatable bonds is 7. The van der Waals surface area contributed by atoms with E-state index in [0.717, 1.165) is 24.3 Å². The first-order valence-corrected chi connectivity index (χ1v) is 8.68. The summed E-state index contributed by atoms with van der Waals surface area (Å²) in [6.07, 6.45) is 5.20. The lowest BCUT2D eigenvalue weighted by atomic mass is 10.2. The van der Waals surface area contributed by atoms with Gasteiger partial charge in [-0.25, -0.2) is 4.98 Å². The molecular formula is C21H22N4O. The Bertz CT molecular complexity index is 820. The lowest BCUT2D eigenvalue weighted by Crippen LogP contribution is -2.25. The summed E-state index contributed by atoms with van der Waals surface area (Å²) in [6, 6.07) is 17.8. The molecule has 1 amide bonds. The number of pyridine rings is 2. The standard InChI is InChI=1S/C21H22N4O/c1-2-25(16-17-7-4-3-5-8-17)19-10-11-20(23-15-19)21(26)24-14-18-9-6-12-22-13-18/h3-13,15H,2,14,16H2,1H3,(H,24,26). The highest BCUT2D eigenvalue weighted by Gasteiger charge is 2.10. The molecule has 0 aliphatic heterocycles. The highest BCUT2D eigenvalue weighted by Crippen LogP contribution is 2.16. The van der Waals surface area contributed by atoms with Crippen LogP contribution in [0.3, 0.4) is 0 Å². The van der Waals surface area contributed by atoms with Gasteiger partial charge < -0.3 is 10.2 Å². The lowest BCUT2D eigenvalue weighted by molar-refractivity contribution is 0.0946. The summed E-state index contributed by atoms with van der Waals surface area (Å²) in [5.74, 6) is -0.188. The second-order valence-corrected chi connectivity index (χ2v) is 5.95. The summed E-state index contributed by atoms with van der Waals surface area (Å²) in [7, 11) is 0. The minimum Gasteiger partial charge on any atom is -0.366 e. The minimum atomic E-state index is -0.188. The van der Waals surface area contributed by atoms with Gasteiger partial charge in [-0.05, 0) is 36.2 Å². The topological polar surface area (TPSA) is 58.1 Å². The minimum absolute atomic E-state index is 0.188. The van der Waals surface area contributed by atoms with Crippen molar-refractivity contribution in [3.8, 4) is 0 Å². The van der Waals surface area contributed by atoms with Gasteiger partial charge in [-0.2, -0.15) is 0 Å². The predicted molar refractivity (Wildman–Crippen MR) is 103 cm³/mol. The van der Waals surface area contributed by atoms with Crippen LogP contribution >= 0.6 is 0 Å². The molecule has 0 bridgehead atoms. The van der Waals surface area contributed by atoms with Crippen LogP contribution in [-0.4, -0.2) is 22.4 Å². The Morgan fingerprint density at radius 1 is 1.00 bits per heavy atom. The van der Waals surface area contributed by atoms with Gasteiger partial charge in [-0.3, -0.25) is 9.78 Å². The van der Waals surface area contributed by atoms with Gasteiger partial charge in [0.05, 0.1) is 11.9 Å². The number of amides is 1. The molecule has 0 radical (unpaired) electrons. The van der Waals surface area contributed by atoms with Crippen molar-refractivity contribution >= 4 is 11.6 Å². The first-order valence-electron chi connectivity index (χ1n) is 8.68. The number of aromatic nitrogens is 2. The quantitative estimate of drug-likeness (QED) is 0.712. The molecule has 1 aromatic carbocycles. The fourth-order valence-electron chi connectivity index (χ4n) is 2.67. The van der Waals surface area contributed by atoms with Crippen molar-refractivity contribution in [2.24, 2.45) is 0 Å². The molecule has 3 rings (SSSR count). The highest BCUT2D eigenvalue weighted by molar-refractivity contribution is 5.92. The fraction of sp³-hybridized carbons (Fsp3) is 0.190. The average Bonchev–Trinajstić information content (AvgIpc) is 2.72. The zero-order valence-electron chi connectivity index (χ0n) is 14.8. The number of benzene rings is 1. The zero-order chi connectivity index (χ0) is 18.2. The number of nitrogens with zero attached hydrogens (tertiary/aromatic N) is 3. The maximum Gasteiger partial charge on any atom is 0.270 e. The second-order valence-electron chi connectivity index (χ2n) is 5.95. The normalized spacial score (nSPS) is 10.3. The molecule has 0 saturated carbocycles. The monoisotopic (exact) mass is 346 g/mol. The maximum absolute atomic E-state index is 12.3. The Labute approximate surface area is 153 Å². The molecule has 0 unspecified atom stereocenters. The van der Waals surface area contributed by atoms with Crippen LogP contribution in [0.2, 0.25) is 0 Å². The second kappa shape index (κ2) is 8.76. The molecule has 0 aliphatic rings. The van der Waals surface area contributed by atoms with Crippen molar-refractivity contribution in [1.29, 1.82) is 0 Å². The molecule has 2 heterocycles. The SMILES string of the molecule is CCN(Cc1ccccc1)c1ccc(C(=O)NCc2cccnc2)nc1. The van der Waals surface area contributed by atoms with Crippen LogP contribution in [0.15, 0.2) is 73.2 Å². The van der Waals surface area contributed by atoms with Gasteiger partial charge in [0, 0.05) is 32.0 Å². The third-order valence-electron chi connectivity index (χ3n) is 4.12. The summed E-state index contributed by atoms with van der Waals surface area (Å²) in [6.45, 7) is 4.22. The van der Waals surface area contributed by atoms with Gasteiger partial charge in [-0.15, -0.1) is 0 Å². The Hall–Kier alpha value is -3.21. The molecule has 1 N–H and O–H groups in total. The molecule has 0 aliphatic carbocycles. The number of anilines is 1. The van der Waals surface area contributed by atoms with Gasteiger partial charge in [-0.1, -0.05) is 36.4 Å².